The van der Waals surface area contributed by atoms with Gasteiger partial charge in [-0.25, -0.2) is 9.97 Å². The Balaban J connectivity index is 1.48. The summed E-state index contributed by atoms with van der Waals surface area (Å²) in [6, 6.07) is 41.2. The van der Waals surface area contributed by atoms with Crippen molar-refractivity contribution in [3.63, 3.8) is 0 Å². The normalized spacial score (nSPS) is 13.8. The van der Waals surface area contributed by atoms with Crippen LogP contribution in [-0.2, 0) is 5.41 Å². The van der Waals surface area contributed by atoms with Gasteiger partial charge in [0, 0.05) is 47.5 Å². The standard InChI is InChI=1S/C37H25N3S/c1-37(2)27-17-9-6-15-25(27)32-33(22-12-4-3-5-13-22)38-36(39-35(32)37)40-28-18-10-7-14-23(28)24-20-21-30-31(34(24)40)26-16-8-11-19-29(26)41-30/h3-21H,1-2H3. The minimum Gasteiger partial charge on any atom is -0.277 e. The maximum Gasteiger partial charge on any atom is 0.235 e. The van der Waals surface area contributed by atoms with Crippen molar-refractivity contribution >= 4 is 53.3 Å². The molecular formula is C37H25N3S. The van der Waals surface area contributed by atoms with E-state index in [2.05, 4.69) is 134 Å². The maximum absolute atomic E-state index is 5.48. The van der Waals surface area contributed by atoms with E-state index in [-0.39, 0.29) is 5.41 Å². The molecular weight excluding hydrogens is 518 g/mol. The first kappa shape index (κ1) is 23.0. The van der Waals surface area contributed by atoms with Gasteiger partial charge in [0.25, 0.3) is 0 Å². The zero-order valence-electron chi connectivity index (χ0n) is 22.7. The van der Waals surface area contributed by atoms with Gasteiger partial charge in [-0.05, 0) is 29.3 Å². The lowest BCUT2D eigenvalue weighted by Crippen LogP contribution is -2.18. The van der Waals surface area contributed by atoms with Crippen LogP contribution in [0.1, 0.15) is 25.1 Å². The molecule has 0 aliphatic heterocycles. The Bertz CT molecular complexity index is 2340. The first-order valence-electron chi connectivity index (χ1n) is 14.0. The van der Waals surface area contributed by atoms with Crippen molar-refractivity contribution in [1.82, 2.24) is 14.5 Å². The number of thiophene rings is 1. The highest BCUT2D eigenvalue weighted by atomic mass is 32.1. The molecule has 4 heteroatoms. The van der Waals surface area contributed by atoms with E-state index in [0.29, 0.717) is 0 Å². The van der Waals surface area contributed by atoms with Gasteiger partial charge < -0.3 is 0 Å². The third-order valence-electron chi connectivity index (χ3n) is 8.78. The van der Waals surface area contributed by atoms with E-state index in [1.54, 1.807) is 0 Å². The predicted molar refractivity (Wildman–Crippen MR) is 172 cm³/mol. The van der Waals surface area contributed by atoms with Crippen molar-refractivity contribution in [2.24, 2.45) is 0 Å². The molecule has 0 N–H and O–H groups in total. The number of aromatic nitrogens is 3. The lowest BCUT2D eigenvalue weighted by Gasteiger charge is -2.21. The average Bonchev–Trinajstić information content (AvgIpc) is 3.63. The van der Waals surface area contributed by atoms with E-state index in [4.69, 9.17) is 9.97 Å². The average molecular weight is 544 g/mol. The first-order valence-corrected chi connectivity index (χ1v) is 14.8. The summed E-state index contributed by atoms with van der Waals surface area (Å²) >= 11 is 1.85. The summed E-state index contributed by atoms with van der Waals surface area (Å²) in [5, 5.41) is 4.99. The zero-order valence-corrected chi connectivity index (χ0v) is 23.5. The molecule has 0 bridgehead atoms. The quantitative estimate of drug-likeness (QED) is 0.217. The summed E-state index contributed by atoms with van der Waals surface area (Å²) in [6.07, 6.45) is 0. The second-order valence-corrected chi connectivity index (χ2v) is 12.5. The van der Waals surface area contributed by atoms with E-state index in [1.807, 2.05) is 11.3 Å². The summed E-state index contributed by atoms with van der Waals surface area (Å²) in [7, 11) is 0. The molecule has 3 heterocycles. The minimum atomic E-state index is -0.254. The molecule has 0 radical (unpaired) electrons. The van der Waals surface area contributed by atoms with E-state index < -0.39 is 0 Å². The number of hydrogen-bond acceptors (Lipinski definition) is 3. The number of hydrogen-bond donors (Lipinski definition) is 0. The van der Waals surface area contributed by atoms with Crippen LogP contribution in [0.5, 0.6) is 0 Å². The summed E-state index contributed by atoms with van der Waals surface area (Å²) in [5.41, 5.74) is 8.88. The Hall–Kier alpha value is -4.80. The molecule has 194 valence electrons. The Morgan fingerprint density at radius 1 is 0.634 bits per heavy atom. The van der Waals surface area contributed by atoms with E-state index in [9.17, 15) is 0 Å². The molecule has 0 amide bonds. The van der Waals surface area contributed by atoms with Gasteiger partial charge in [-0.2, -0.15) is 0 Å². The van der Waals surface area contributed by atoms with Crippen LogP contribution in [0.3, 0.4) is 0 Å². The largest absolute Gasteiger partial charge is 0.277 e. The highest BCUT2D eigenvalue weighted by molar-refractivity contribution is 7.26. The summed E-state index contributed by atoms with van der Waals surface area (Å²) < 4.78 is 4.89. The minimum absolute atomic E-state index is 0.254. The maximum atomic E-state index is 5.48. The predicted octanol–water partition coefficient (Wildman–Crippen LogP) is 9.91. The Kier molecular flexibility index (Phi) is 4.55. The van der Waals surface area contributed by atoms with Crippen LogP contribution in [0.25, 0.3) is 70.3 Å². The van der Waals surface area contributed by atoms with Crippen molar-refractivity contribution < 1.29 is 0 Å². The first-order chi connectivity index (χ1) is 20.1. The van der Waals surface area contributed by atoms with Crippen molar-refractivity contribution in [3.05, 3.63) is 127 Å². The summed E-state index contributed by atoms with van der Waals surface area (Å²) in [6.45, 7) is 4.58. The van der Waals surface area contributed by atoms with Gasteiger partial charge in [0.05, 0.1) is 22.4 Å². The van der Waals surface area contributed by atoms with Crippen molar-refractivity contribution in [2.45, 2.75) is 19.3 Å². The monoisotopic (exact) mass is 543 g/mol. The molecule has 3 aromatic heterocycles. The van der Waals surface area contributed by atoms with Gasteiger partial charge in [0.1, 0.15) is 0 Å². The fourth-order valence-corrected chi connectivity index (χ4v) is 8.02. The number of benzene rings is 5. The van der Waals surface area contributed by atoms with Crippen LogP contribution in [0.15, 0.2) is 115 Å². The van der Waals surface area contributed by atoms with Gasteiger partial charge in [-0.15, -0.1) is 11.3 Å². The van der Waals surface area contributed by atoms with Crippen LogP contribution in [0.4, 0.5) is 0 Å². The molecule has 5 aromatic carbocycles. The molecule has 9 rings (SSSR count). The third-order valence-corrected chi connectivity index (χ3v) is 9.92. The zero-order chi connectivity index (χ0) is 27.3. The fourth-order valence-electron chi connectivity index (χ4n) is 6.91. The Labute approximate surface area is 241 Å². The summed E-state index contributed by atoms with van der Waals surface area (Å²) in [4.78, 5) is 10.9. The molecule has 1 aliphatic carbocycles. The van der Waals surface area contributed by atoms with E-state index in [1.165, 1.54) is 47.6 Å². The molecule has 1 aliphatic rings. The van der Waals surface area contributed by atoms with E-state index >= 15 is 0 Å². The molecule has 0 atom stereocenters. The van der Waals surface area contributed by atoms with Crippen molar-refractivity contribution in [2.75, 3.05) is 0 Å². The van der Waals surface area contributed by atoms with Crippen molar-refractivity contribution in [1.29, 1.82) is 0 Å². The Morgan fingerprint density at radius 2 is 1.37 bits per heavy atom. The molecule has 0 saturated heterocycles. The summed E-state index contributed by atoms with van der Waals surface area (Å²) in [5.74, 6) is 0.720. The highest BCUT2D eigenvalue weighted by Crippen LogP contribution is 2.51. The number of fused-ring (bicyclic) bond motifs is 10. The third kappa shape index (κ3) is 3.03. The molecule has 0 spiro atoms. The molecule has 0 fully saturated rings. The lowest BCUT2D eigenvalue weighted by molar-refractivity contribution is 0.632. The van der Waals surface area contributed by atoms with Crippen LogP contribution >= 0.6 is 11.3 Å². The number of nitrogens with zero attached hydrogens (tertiary/aromatic N) is 3. The van der Waals surface area contributed by atoms with Gasteiger partial charge in [0.2, 0.25) is 5.95 Å². The van der Waals surface area contributed by atoms with Crippen LogP contribution in [0, 0.1) is 0 Å². The molecule has 3 nitrogen and oxygen atoms in total. The Morgan fingerprint density at radius 3 is 2.24 bits per heavy atom. The fraction of sp³-hybridized carbons (Fsp3) is 0.0811. The van der Waals surface area contributed by atoms with Gasteiger partial charge in [-0.1, -0.05) is 111 Å². The smallest absolute Gasteiger partial charge is 0.235 e. The molecule has 0 unspecified atom stereocenters. The number of para-hydroxylation sites is 1. The lowest BCUT2D eigenvalue weighted by atomic mass is 9.85. The SMILES string of the molecule is CC1(C)c2ccccc2-c2c(-c3ccccc3)nc(-n3c4ccccc4c4ccc5sc6ccccc6c5c43)nc21. The van der Waals surface area contributed by atoms with Gasteiger partial charge in [-0.3, -0.25) is 4.57 Å². The topological polar surface area (TPSA) is 30.7 Å². The van der Waals surface area contributed by atoms with Crippen LogP contribution in [-0.4, -0.2) is 14.5 Å². The molecule has 0 saturated carbocycles. The molecule has 41 heavy (non-hydrogen) atoms. The highest BCUT2D eigenvalue weighted by Gasteiger charge is 2.40. The second kappa shape index (κ2) is 8.12. The van der Waals surface area contributed by atoms with E-state index in [0.717, 1.165) is 34.0 Å². The van der Waals surface area contributed by atoms with Crippen LogP contribution < -0.4 is 0 Å². The second-order valence-electron chi connectivity index (χ2n) is 11.4. The van der Waals surface area contributed by atoms with Gasteiger partial charge >= 0.3 is 0 Å². The molecule has 8 aromatic rings. The number of rotatable bonds is 2. The van der Waals surface area contributed by atoms with Crippen LogP contribution in [0.2, 0.25) is 0 Å². The van der Waals surface area contributed by atoms with Crippen molar-refractivity contribution in [3.8, 4) is 28.3 Å². The van der Waals surface area contributed by atoms with Gasteiger partial charge in [0.15, 0.2) is 0 Å².